The molecular weight excluding hydrogens is 306 g/mol. The predicted octanol–water partition coefficient (Wildman–Crippen LogP) is 3.37. The van der Waals surface area contributed by atoms with Crippen molar-refractivity contribution in [3.8, 4) is 0 Å². The largest absolute Gasteiger partial charge is 0.273 e. The molecule has 21 heavy (non-hydrogen) atoms. The number of hydrogen-bond acceptors (Lipinski definition) is 4. The third-order valence-electron chi connectivity index (χ3n) is 2.49. The number of halogens is 1. The van der Waals surface area contributed by atoms with Crippen LogP contribution in [0.15, 0.2) is 58.7 Å². The molecule has 1 aromatic heterocycles. The quantitative estimate of drug-likeness (QED) is 0.504. The number of amides is 1. The average Bonchev–Trinajstić information content (AvgIpc) is 2.50. The lowest BCUT2D eigenvalue weighted by atomic mass is 10.4. The van der Waals surface area contributed by atoms with Gasteiger partial charge in [0, 0.05) is 28.3 Å². The molecule has 4 nitrogen and oxygen atoms in total. The highest BCUT2D eigenvalue weighted by Gasteiger charge is 2.00. The van der Waals surface area contributed by atoms with E-state index in [2.05, 4.69) is 15.5 Å². The van der Waals surface area contributed by atoms with Crippen LogP contribution >= 0.6 is 23.4 Å². The van der Waals surface area contributed by atoms with Gasteiger partial charge in [0.05, 0.1) is 11.9 Å². The van der Waals surface area contributed by atoms with Gasteiger partial charge in [-0.1, -0.05) is 17.7 Å². The van der Waals surface area contributed by atoms with Crippen molar-refractivity contribution in [2.75, 3.05) is 5.75 Å². The lowest BCUT2D eigenvalue weighted by Crippen LogP contribution is -2.17. The van der Waals surface area contributed by atoms with E-state index in [0.717, 1.165) is 4.90 Å². The van der Waals surface area contributed by atoms with Crippen molar-refractivity contribution < 1.29 is 4.79 Å². The summed E-state index contributed by atoms with van der Waals surface area (Å²) in [6, 6.07) is 13.0. The predicted molar refractivity (Wildman–Crippen MR) is 86.8 cm³/mol. The van der Waals surface area contributed by atoms with Crippen molar-refractivity contribution >= 4 is 35.5 Å². The first-order valence-electron chi connectivity index (χ1n) is 6.35. The number of rotatable bonds is 6. The number of carbonyl (C=O) groups is 1. The number of aromatic nitrogens is 1. The van der Waals surface area contributed by atoms with Gasteiger partial charge in [-0.2, -0.15) is 5.10 Å². The molecule has 0 atom stereocenters. The van der Waals surface area contributed by atoms with E-state index in [1.807, 2.05) is 42.5 Å². The van der Waals surface area contributed by atoms with Gasteiger partial charge in [-0.3, -0.25) is 9.78 Å². The topological polar surface area (TPSA) is 54.4 Å². The van der Waals surface area contributed by atoms with E-state index >= 15 is 0 Å². The molecule has 0 saturated carbocycles. The molecule has 0 unspecified atom stereocenters. The first kappa shape index (κ1) is 15.5. The minimum atomic E-state index is -0.122. The molecule has 0 radical (unpaired) electrons. The standard InChI is InChI=1S/C15H14ClN3OS/c16-12-4-6-14(7-5-12)21-10-8-15(20)19-18-11-13-3-1-2-9-17-13/h1-7,9,11H,8,10H2,(H,19,20)/b18-11+. The first-order chi connectivity index (χ1) is 10.2. The fourth-order valence-corrected chi connectivity index (χ4v) is 2.45. The fourth-order valence-electron chi connectivity index (χ4n) is 1.47. The fraction of sp³-hybridized carbons (Fsp3) is 0.133. The Morgan fingerprint density at radius 1 is 1.29 bits per heavy atom. The zero-order chi connectivity index (χ0) is 14.9. The molecule has 0 saturated heterocycles. The van der Waals surface area contributed by atoms with Gasteiger partial charge in [0.1, 0.15) is 0 Å². The number of thioether (sulfide) groups is 1. The zero-order valence-corrected chi connectivity index (χ0v) is 12.8. The van der Waals surface area contributed by atoms with Crippen molar-refractivity contribution in [3.63, 3.8) is 0 Å². The van der Waals surface area contributed by atoms with Gasteiger partial charge in [-0.05, 0) is 36.4 Å². The summed E-state index contributed by atoms with van der Waals surface area (Å²) in [6.07, 6.45) is 3.59. The van der Waals surface area contributed by atoms with Crippen LogP contribution in [-0.2, 0) is 4.79 Å². The molecule has 0 fully saturated rings. The zero-order valence-electron chi connectivity index (χ0n) is 11.2. The Morgan fingerprint density at radius 3 is 2.81 bits per heavy atom. The molecule has 1 amide bonds. The van der Waals surface area contributed by atoms with Gasteiger partial charge in [0.15, 0.2) is 0 Å². The Labute approximate surface area is 132 Å². The van der Waals surface area contributed by atoms with Gasteiger partial charge in [0.2, 0.25) is 5.91 Å². The summed E-state index contributed by atoms with van der Waals surface area (Å²) in [6.45, 7) is 0. The molecule has 0 aliphatic rings. The van der Waals surface area contributed by atoms with Crippen molar-refractivity contribution in [3.05, 3.63) is 59.4 Å². The summed E-state index contributed by atoms with van der Waals surface area (Å²) in [5.41, 5.74) is 3.18. The maximum Gasteiger partial charge on any atom is 0.240 e. The van der Waals surface area contributed by atoms with Crippen molar-refractivity contribution in [2.24, 2.45) is 5.10 Å². The second kappa shape index (κ2) is 8.44. The number of pyridine rings is 1. The monoisotopic (exact) mass is 319 g/mol. The number of nitrogens with zero attached hydrogens (tertiary/aromatic N) is 2. The second-order valence-corrected chi connectivity index (χ2v) is 5.70. The average molecular weight is 320 g/mol. The summed E-state index contributed by atoms with van der Waals surface area (Å²) in [7, 11) is 0. The summed E-state index contributed by atoms with van der Waals surface area (Å²) < 4.78 is 0. The number of hydrogen-bond donors (Lipinski definition) is 1. The summed E-state index contributed by atoms with van der Waals surface area (Å²) in [4.78, 5) is 16.8. The Hall–Kier alpha value is -1.85. The SMILES string of the molecule is O=C(CCSc1ccc(Cl)cc1)N/N=C/c1ccccn1. The van der Waals surface area contributed by atoms with E-state index in [1.54, 1.807) is 18.0 Å². The van der Waals surface area contributed by atoms with Crippen molar-refractivity contribution in [1.29, 1.82) is 0 Å². The highest BCUT2D eigenvalue weighted by Crippen LogP contribution is 2.20. The number of nitrogens with one attached hydrogen (secondary N) is 1. The van der Waals surface area contributed by atoms with Gasteiger partial charge < -0.3 is 0 Å². The maximum atomic E-state index is 11.6. The minimum absolute atomic E-state index is 0.122. The molecule has 1 aromatic carbocycles. The molecule has 2 rings (SSSR count). The van der Waals surface area contributed by atoms with Crippen molar-refractivity contribution in [1.82, 2.24) is 10.4 Å². The molecular formula is C15H14ClN3OS. The molecule has 108 valence electrons. The van der Waals surface area contributed by atoms with Crippen LogP contribution in [0.25, 0.3) is 0 Å². The third-order valence-corrected chi connectivity index (χ3v) is 3.75. The van der Waals surface area contributed by atoms with Gasteiger partial charge in [-0.15, -0.1) is 11.8 Å². The molecule has 0 bridgehead atoms. The molecule has 0 aliphatic carbocycles. The van der Waals surface area contributed by atoms with Crippen LogP contribution in [0.4, 0.5) is 0 Å². The minimum Gasteiger partial charge on any atom is -0.273 e. The third kappa shape index (κ3) is 5.97. The van der Waals surface area contributed by atoms with Crippen molar-refractivity contribution in [2.45, 2.75) is 11.3 Å². The Balaban J connectivity index is 1.68. The molecule has 0 spiro atoms. The van der Waals surface area contributed by atoms with Gasteiger partial charge >= 0.3 is 0 Å². The summed E-state index contributed by atoms with van der Waals surface area (Å²) in [5.74, 6) is 0.565. The van der Waals surface area contributed by atoms with E-state index in [-0.39, 0.29) is 5.91 Å². The smallest absolute Gasteiger partial charge is 0.240 e. The van der Waals surface area contributed by atoms with Gasteiger partial charge in [0.25, 0.3) is 0 Å². The van der Waals surface area contributed by atoms with Crippen LogP contribution in [0.3, 0.4) is 0 Å². The van der Waals surface area contributed by atoms with Crippen LogP contribution in [0.2, 0.25) is 5.02 Å². The number of benzene rings is 1. The Morgan fingerprint density at radius 2 is 2.10 bits per heavy atom. The Kier molecular flexibility index (Phi) is 6.24. The molecule has 0 aliphatic heterocycles. The highest BCUT2D eigenvalue weighted by molar-refractivity contribution is 7.99. The molecule has 2 aromatic rings. The molecule has 1 N–H and O–H groups in total. The maximum absolute atomic E-state index is 11.6. The van der Waals surface area contributed by atoms with E-state index in [9.17, 15) is 4.79 Å². The normalized spacial score (nSPS) is 10.7. The lowest BCUT2D eigenvalue weighted by molar-refractivity contribution is -0.120. The highest BCUT2D eigenvalue weighted by atomic mass is 35.5. The summed E-state index contributed by atoms with van der Waals surface area (Å²) >= 11 is 7.41. The van der Waals surface area contributed by atoms with Crippen LogP contribution in [0, 0.1) is 0 Å². The first-order valence-corrected chi connectivity index (χ1v) is 7.72. The lowest BCUT2D eigenvalue weighted by Gasteiger charge is -2.01. The number of carbonyl (C=O) groups excluding carboxylic acids is 1. The Bertz CT molecular complexity index is 602. The van der Waals surface area contributed by atoms with Crippen LogP contribution in [-0.4, -0.2) is 22.9 Å². The van der Waals surface area contributed by atoms with Crippen LogP contribution in [0.1, 0.15) is 12.1 Å². The second-order valence-electron chi connectivity index (χ2n) is 4.10. The van der Waals surface area contributed by atoms with E-state index in [1.165, 1.54) is 6.21 Å². The van der Waals surface area contributed by atoms with Gasteiger partial charge in [-0.25, -0.2) is 5.43 Å². The number of hydrazone groups is 1. The van der Waals surface area contributed by atoms with Crippen LogP contribution < -0.4 is 5.43 Å². The van der Waals surface area contributed by atoms with E-state index in [0.29, 0.717) is 22.9 Å². The molecule has 6 heteroatoms. The summed E-state index contributed by atoms with van der Waals surface area (Å²) in [5, 5.41) is 4.57. The van der Waals surface area contributed by atoms with E-state index in [4.69, 9.17) is 11.6 Å². The van der Waals surface area contributed by atoms with E-state index < -0.39 is 0 Å². The van der Waals surface area contributed by atoms with Crippen LogP contribution in [0.5, 0.6) is 0 Å². The molecule has 1 heterocycles.